The first kappa shape index (κ1) is 15.8. The number of hydrogen-bond donors (Lipinski definition) is 0. The highest BCUT2D eigenvalue weighted by Crippen LogP contribution is 2.41. The predicted molar refractivity (Wildman–Crippen MR) is 92.3 cm³/mol. The highest BCUT2D eigenvalue weighted by atomic mass is 32.2. The molecule has 0 bridgehead atoms. The van der Waals surface area contributed by atoms with E-state index >= 15 is 0 Å². The number of aromatic nitrogens is 3. The molecule has 1 aromatic heterocycles. The van der Waals surface area contributed by atoms with E-state index in [9.17, 15) is 9.18 Å². The third-order valence-corrected chi connectivity index (χ3v) is 5.21. The number of ether oxygens (including phenoxy) is 1. The van der Waals surface area contributed by atoms with Crippen molar-refractivity contribution in [3.63, 3.8) is 0 Å². The highest BCUT2D eigenvalue weighted by Gasteiger charge is 2.30. The van der Waals surface area contributed by atoms with Gasteiger partial charge in [-0.1, -0.05) is 23.9 Å². The smallest absolute Gasteiger partial charge is 0.250 e. The lowest BCUT2D eigenvalue weighted by atomic mass is 10.1. The fraction of sp³-hybridized carbons (Fsp3) is 0.167. The first-order valence-corrected chi connectivity index (χ1v) is 8.59. The summed E-state index contributed by atoms with van der Waals surface area (Å²) in [5, 5.41) is 4.81. The van der Waals surface area contributed by atoms with Gasteiger partial charge in [0.25, 0.3) is 5.91 Å². The third kappa shape index (κ3) is 3.02. The van der Waals surface area contributed by atoms with Gasteiger partial charge in [0.1, 0.15) is 11.6 Å². The fourth-order valence-corrected chi connectivity index (χ4v) is 3.83. The van der Waals surface area contributed by atoms with Crippen LogP contribution >= 0.6 is 11.8 Å². The largest absolute Gasteiger partial charge is 0.497 e. The Morgan fingerprint density at radius 3 is 2.56 bits per heavy atom. The number of carbonyl (C=O) groups is 1. The average Bonchev–Trinajstić information content (AvgIpc) is 3.07. The molecule has 0 aliphatic carbocycles. The summed E-state index contributed by atoms with van der Waals surface area (Å²) >= 11 is 1.50. The van der Waals surface area contributed by atoms with E-state index in [2.05, 4.69) is 10.1 Å². The van der Waals surface area contributed by atoms with Gasteiger partial charge in [0.2, 0.25) is 0 Å². The Hall–Kier alpha value is -2.67. The molecule has 0 unspecified atom stereocenters. The lowest BCUT2D eigenvalue weighted by molar-refractivity contribution is 0.0868. The molecule has 5 nitrogen and oxygen atoms in total. The van der Waals surface area contributed by atoms with Crippen molar-refractivity contribution in [2.45, 2.75) is 16.8 Å². The van der Waals surface area contributed by atoms with Gasteiger partial charge in [-0.15, -0.1) is 5.10 Å². The summed E-state index contributed by atoms with van der Waals surface area (Å²) < 4.78 is 19.6. The van der Waals surface area contributed by atoms with E-state index < -0.39 is 0 Å². The highest BCUT2D eigenvalue weighted by molar-refractivity contribution is 7.99. The number of thioether (sulfide) groups is 1. The number of fused-ring (bicyclic) bond motifs is 1. The molecule has 0 amide bonds. The Morgan fingerprint density at radius 1 is 1.16 bits per heavy atom. The van der Waals surface area contributed by atoms with Crippen LogP contribution in [0.5, 0.6) is 5.75 Å². The van der Waals surface area contributed by atoms with Crippen LogP contribution in [-0.4, -0.2) is 27.8 Å². The zero-order chi connectivity index (χ0) is 17.4. The maximum Gasteiger partial charge on any atom is 0.250 e. The third-order valence-electron chi connectivity index (χ3n) is 4.01. The molecule has 126 valence electrons. The predicted octanol–water partition coefficient (Wildman–Crippen LogP) is 3.97. The summed E-state index contributed by atoms with van der Waals surface area (Å²) in [6.07, 6.45) is 0.343. The maximum absolute atomic E-state index is 13.1. The Balaban J connectivity index is 1.63. The molecule has 1 aliphatic heterocycles. The number of halogens is 1. The number of methoxy groups -OCH3 is 1. The van der Waals surface area contributed by atoms with Gasteiger partial charge in [0, 0.05) is 17.2 Å². The summed E-state index contributed by atoms with van der Waals surface area (Å²) in [7, 11) is 1.62. The average molecular weight is 355 g/mol. The van der Waals surface area contributed by atoms with E-state index in [0.29, 0.717) is 23.0 Å². The van der Waals surface area contributed by atoms with Gasteiger partial charge in [-0.3, -0.25) is 4.79 Å². The van der Waals surface area contributed by atoms with Crippen molar-refractivity contribution in [3.05, 3.63) is 59.9 Å². The van der Waals surface area contributed by atoms with Crippen LogP contribution in [0.4, 0.5) is 4.39 Å². The summed E-state index contributed by atoms with van der Waals surface area (Å²) in [6.45, 7) is 0. The van der Waals surface area contributed by atoms with E-state index in [-0.39, 0.29) is 17.0 Å². The van der Waals surface area contributed by atoms with Crippen LogP contribution in [-0.2, 0) is 0 Å². The fourth-order valence-electron chi connectivity index (χ4n) is 2.68. The zero-order valence-corrected chi connectivity index (χ0v) is 14.2. The van der Waals surface area contributed by atoms with Crippen molar-refractivity contribution in [2.75, 3.05) is 7.11 Å². The van der Waals surface area contributed by atoms with Crippen LogP contribution in [0.1, 0.15) is 22.0 Å². The molecule has 0 radical (unpaired) electrons. The molecule has 0 saturated heterocycles. The molecular weight excluding hydrogens is 341 g/mol. The number of nitrogens with zero attached hydrogens (tertiary/aromatic N) is 3. The monoisotopic (exact) mass is 355 g/mol. The molecule has 0 fully saturated rings. The van der Waals surface area contributed by atoms with Crippen molar-refractivity contribution >= 4 is 17.7 Å². The molecule has 0 saturated carbocycles. The normalized spacial score (nSPS) is 16.6. The minimum atomic E-state index is -0.322. The van der Waals surface area contributed by atoms with Crippen molar-refractivity contribution in [2.24, 2.45) is 0 Å². The summed E-state index contributed by atoms with van der Waals surface area (Å²) in [6, 6.07) is 13.6. The van der Waals surface area contributed by atoms with Crippen molar-refractivity contribution in [3.8, 4) is 17.1 Å². The SMILES string of the molecule is COc1ccc([C@H]2CC(=O)n3nc(-c4ccc(F)cc4)nc3S2)cc1. The van der Waals surface area contributed by atoms with E-state index in [0.717, 1.165) is 11.3 Å². The number of hydrogen-bond acceptors (Lipinski definition) is 5. The molecule has 25 heavy (non-hydrogen) atoms. The minimum Gasteiger partial charge on any atom is -0.497 e. The molecule has 2 aromatic carbocycles. The molecule has 2 heterocycles. The van der Waals surface area contributed by atoms with Crippen LogP contribution < -0.4 is 4.74 Å². The summed E-state index contributed by atoms with van der Waals surface area (Å²) in [4.78, 5) is 16.9. The van der Waals surface area contributed by atoms with Crippen LogP contribution in [0, 0.1) is 5.82 Å². The second kappa shape index (κ2) is 6.33. The molecular formula is C18H14FN3O2S. The molecule has 4 rings (SSSR count). The Labute approximate surface area is 147 Å². The number of benzene rings is 2. The van der Waals surface area contributed by atoms with Gasteiger partial charge in [-0.2, -0.15) is 4.68 Å². The van der Waals surface area contributed by atoms with Crippen LogP contribution in [0.15, 0.2) is 53.7 Å². The first-order valence-electron chi connectivity index (χ1n) is 7.71. The van der Waals surface area contributed by atoms with E-state index in [1.54, 1.807) is 19.2 Å². The Kier molecular flexibility index (Phi) is 4.01. The van der Waals surface area contributed by atoms with Gasteiger partial charge in [-0.25, -0.2) is 9.37 Å². The lowest BCUT2D eigenvalue weighted by Gasteiger charge is -2.20. The summed E-state index contributed by atoms with van der Waals surface area (Å²) in [5.41, 5.74) is 1.72. The molecule has 0 spiro atoms. The second-order valence-electron chi connectivity index (χ2n) is 5.61. The van der Waals surface area contributed by atoms with Crippen LogP contribution in [0.2, 0.25) is 0 Å². The van der Waals surface area contributed by atoms with Crippen molar-refractivity contribution in [1.29, 1.82) is 0 Å². The van der Waals surface area contributed by atoms with Gasteiger partial charge < -0.3 is 4.74 Å². The number of rotatable bonds is 3. The molecule has 3 aromatic rings. The Bertz CT molecular complexity index is 922. The van der Waals surface area contributed by atoms with E-state index in [1.165, 1.54) is 28.6 Å². The minimum absolute atomic E-state index is 0.0174. The van der Waals surface area contributed by atoms with Crippen LogP contribution in [0.25, 0.3) is 11.4 Å². The molecule has 0 N–H and O–H groups in total. The van der Waals surface area contributed by atoms with Gasteiger partial charge in [0.05, 0.1) is 7.11 Å². The number of carbonyl (C=O) groups excluding carboxylic acids is 1. The topological polar surface area (TPSA) is 57.0 Å². The van der Waals surface area contributed by atoms with Gasteiger partial charge in [0.15, 0.2) is 11.0 Å². The zero-order valence-electron chi connectivity index (χ0n) is 13.3. The van der Waals surface area contributed by atoms with Crippen LogP contribution in [0.3, 0.4) is 0 Å². The van der Waals surface area contributed by atoms with Crippen molar-refractivity contribution in [1.82, 2.24) is 14.8 Å². The van der Waals surface area contributed by atoms with Crippen molar-refractivity contribution < 1.29 is 13.9 Å². The summed E-state index contributed by atoms with van der Waals surface area (Å²) in [5.74, 6) is 0.775. The lowest BCUT2D eigenvalue weighted by Crippen LogP contribution is -2.20. The maximum atomic E-state index is 13.1. The molecule has 7 heteroatoms. The first-order chi connectivity index (χ1) is 12.1. The standard InChI is InChI=1S/C18H14FN3O2S/c1-24-14-8-4-11(5-9-14)15-10-16(23)22-18(25-15)20-17(21-22)12-2-6-13(19)7-3-12/h2-9,15H,10H2,1H3/t15-/m1/s1. The molecule has 1 atom stereocenters. The van der Waals surface area contributed by atoms with E-state index in [1.807, 2.05) is 24.3 Å². The van der Waals surface area contributed by atoms with Gasteiger partial charge >= 0.3 is 0 Å². The van der Waals surface area contributed by atoms with E-state index in [4.69, 9.17) is 4.74 Å². The quantitative estimate of drug-likeness (QED) is 0.711. The Morgan fingerprint density at radius 2 is 1.88 bits per heavy atom. The second-order valence-corrected chi connectivity index (χ2v) is 6.78. The molecule has 1 aliphatic rings. The van der Waals surface area contributed by atoms with Gasteiger partial charge in [-0.05, 0) is 42.0 Å².